The Balaban J connectivity index is 1.63. The molecule has 0 aliphatic rings. The van der Waals surface area contributed by atoms with E-state index in [4.69, 9.17) is 5.73 Å². The molecule has 0 radical (unpaired) electrons. The van der Waals surface area contributed by atoms with E-state index in [0.717, 1.165) is 16.9 Å². The van der Waals surface area contributed by atoms with Crippen molar-refractivity contribution in [1.29, 1.82) is 0 Å². The Morgan fingerprint density at radius 3 is 2.67 bits per heavy atom. The molecule has 0 saturated heterocycles. The van der Waals surface area contributed by atoms with Gasteiger partial charge in [0, 0.05) is 6.07 Å². The van der Waals surface area contributed by atoms with Crippen LogP contribution in [-0.4, -0.2) is 30.5 Å². The maximum atomic E-state index is 12.2. The zero-order chi connectivity index (χ0) is 17.1. The molecule has 3 aromatic rings. The molecule has 0 aliphatic carbocycles. The van der Waals surface area contributed by atoms with Crippen LogP contribution < -0.4 is 11.1 Å². The van der Waals surface area contributed by atoms with Crippen molar-refractivity contribution in [2.24, 2.45) is 0 Å². The molecule has 8 nitrogen and oxygen atoms in total. The Bertz CT molecular complexity index is 821. The lowest BCUT2D eigenvalue weighted by Gasteiger charge is -2.15. The van der Waals surface area contributed by atoms with Gasteiger partial charge in [-0.3, -0.25) is 4.79 Å². The number of amides is 1. The van der Waals surface area contributed by atoms with Gasteiger partial charge in [-0.25, -0.2) is 14.3 Å². The van der Waals surface area contributed by atoms with Crippen LogP contribution in [0.1, 0.15) is 24.2 Å². The van der Waals surface area contributed by atoms with Crippen LogP contribution in [0, 0.1) is 6.92 Å². The number of nitrogens with one attached hydrogen (secondary N) is 1. The highest BCUT2D eigenvalue weighted by atomic mass is 16.2. The van der Waals surface area contributed by atoms with Crippen LogP contribution in [0.5, 0.6) is 0 Å². The van der Waals surface area contributed by atoms with Crippen LogP contribution in [0.4, 0.5) is 5.82 Å². The molecular formula is C16H19N7O. The van der Waals surface area contributed by atoms with Crippen molar-refractivity contribution in [3.8, 4) is 5.69 Å². The highest BCUT2D eigenvalue weighted by Crippen LogP contribution is 2.15. The minimum atomic E-state index is -0.141. The highest BCUT2D eigenvalue weighted by Gasteiger charge is 2.12. The SMILES string of the molecule is Cc1cc(N)n(CC(=O)NC(C)c2ccc(-n3cncn3)cc2)n1. The standard InChI is InChI=1S/C16H19N7O/c1-11-7-15(17)22(21-11)8-16(24)20-12(2)13-3-5-14(6-4-13)23-10-18-9-19-23/h3-7,9-10,12H,8,17H2,1-2H3,(H,20,24). The molecule has 8 heteroatoms. The fourth-order valence-corrected chi connectivity index (χ4v) is 2.46. The highest BCUT2D eigenvalue weighted by molar-refractivity contribution is 5.76. The number of aryl methyl sites for hydroxylation is 1. The maximum absolute atomic E-state index is 12.2. The van der Waals surface area contributed by atoms with E-state index < -0.39 is 0 Å². The number of rotatable bonds is 5. The third-order valence-corrected chi connectivity index (χ3v) is 3.68. The number of carbonyl (C=O) groups excluding carboxylic acids is 1. The average molecular weight is 325 g/mol. The largest absolute Gasteiger partial charge is 0.384 e. The van der Waals surface area contributed by atoms with Gasteiger partial charge in [-0.15, -0.1) is 0 Å². The molecule has 0 bridgehead atoms. The molecule has 3 rings (SSSR count). The van der Waals surface area contributed by atoms with Crippen molar-refractivity contribution in [2.45, 2.75) is 26.4 Å². The first-order chi connectivity index (χ1) is 11.5. The summed E-state index contributed by atoms with van der Waals surface area (Å²) in [6.45, 7) is 3.87. The number of nitrogens with zero attached hydrogens (tertiary/aromatic N) is 5. The van der Waals surface area contributed by atoms with E-state index >= 15 is 0 Å². The summed E-state index contributed by atoms with van der Waals surface area (Å²) in [5.74, 6) is 0.338. The Labute approximate surface area is 139 Å². The first-order valence-electron chi connectivity index (χ1n) is 7.57. The van der Waals surface area contributed by atoms with E-state index in [1.807, 2.05) is 38.1 Å². The normalized spacial score (nSPS) is 12.1. The summed E-state index contributed by atoms with van der Waals surface area (Å²) in [6, 6.07) is 9.38. The van der Waals surface area contributed by atoms with Gasteiger partial charge < -0.3 is 11.1 Å². The van der Waals surface area contributed by atoms with E-state index in [0.29, 0.717) is 5.82 Å². The number of hydrogen-bond donors (Lipinski definition) is 2. The molecule has 0 spiro atoms. The fourth-order valence-electron chi connectivity index (χ4n) is 2.46. The van der Waals surface area contributed by atoms with E-state index in [-0.39, 0.29) is 18.5 Å². The lowest BCUT2D eigenvalue weighted by molar-refractivity contribution is -0.122. The second-order valence-corrected chi connectivity index (χ2v) is 5.59. The zero-order valence-electron chi connectivity index (χ0n) is 13.5. The molecule has 2 aromatic heterocycles. The summed E-state index contributed by atoms with van der Waals surface area (Å²) in [7, 11) is 0. The molecule has 124 valence electrons. The predicted octanol–water partition coefficient (Wildman–Crippen LogP) is 1.23. The first kappa shape index (κ1) is 15.7. The van der Waals surface area contributed by atoms with Crippen molar-refractivity contribution in [1.82, 2.24) is 29.9 Å². The molecule has 24 heavy (non-hydrogen) atoms. The van der Waals surface area contributed by atoms with Crippen molar-refractivity contribution in [2.75, 3.05) is 5.73 Å². The number of anilines is 1. The van der Waals surface area contributed by atoms with Crippen molar-refractivity contribution >= 4 is 11.7 Å². The minimum absolute atomic E-state index is 0.0983. The quantitative estimate of drug-likeness (QED) is 0.734. The van der Waals surface area contributed by atoms with Crippen LogP contribution in [0.2, 0.25) is 0 Å². The predicted molar refractivity (Wildman–Crippen MR) is 89.3 cm³/mol. The molecule has 0 aliphatic heterocycles. The fraction of sp³-hybridized carbons (Fsp3) is 0.250. The number of hydrogen-bond acceptors (Lipinski definition) is 5. The van der Waals surface area contributed by atoms with Crippen LogP contribution in [0.3, 0.4) is 0 Å². The molecule has 1 atom stereocenters. The van der Waals surface area contributed by atoms with Gasteiger partial charge in [0.2, 0.25) is 5.91 Å². The number of benzene rings is 1. The Kier molecular flexibility index (Phi) is 4.28. The van der Waals surface area contributed by atoms with Crippen molar-refractivity contribution < 1.29 is 4.79 Å². The van der Waals surface area contributed by atoms with E-state index in [1.165, 1.54) is 11.0 Å². The van der Waals surface area contributed by atoms with Gasteiger partial charge in [-0.1, -0.05) is 12.1 Å². The molecule has 1 unspecified atom stereocenters. The Morgan fingerprint density at radius 1 is 1.33 bits per heavy atom. The van der Waals surface area contributed by atoms with Gasteiger partial charge in [0.1, 0.15) is 25.0 Å². The van der Waals surface area contributed by atoms with E-state index in [9.17, 15) is 4.79 Å². The number of aromatic nitrogens is 5. The van der Waals surface area contributed by atoms with Crippen LogP contribution in [0.25, 0.3) is 5.69 Å². The maximum Gasteiger partial charge on any atom is 0.242 e. The molecule has 1 amide bonds. The number of carbonyl (C=O) groups is 1. The summed E-state index contributed by atoms with van der Waals surface area (Å²) >= 11 is 0. The van der Waals surface area contributed by atoms with Crippen molar-refractivity contribution in [3.63, 3.8) is 0 Å². The van der Waals surface area contributed by atoms with Gasteiger partial charge >= 0.3 is 0 Å². The van der Waals surface area contributed by atoms with E-state index in [1.54, 1.807) is 17.1 Å². The van der Waals surface area contributed by atoms with Gasteiger partial charge in [-0.2, -0.15) is 10.2 Å². The number of nitrogens with two attached hydrogens (primary N) is 1. The summed E-state index contributed by atoms with van der Waals surface area (Å²) in [4.78, 5) is 16.1. The van der Waals surface area contributed by atoms with Gasteiger partial charge in [0.25, 0.3) is 0 Å². The zero-order valence-corrected chi connectivity index (χ0v) is 13.5. The Hall–Kier alpha value is -3.16. The minimum Gasteiger partial charge on any atom is -0.384 e. The molecule has 0 fully saturated rings. The van der Waals surface area contributed by atoms with Crippen LogP contribution in [0.15, 0.2) is 43.0 Å². The summed E-state index contributed by atoms with van der Waals surface area (Å²) in [5, 5.41) is 11.2. The van der Waals surface area contributed by atoms with Gasteiger partial charge in [0.15, 0.2) is 0 Å². The summed E-state index contributed by atoms with van der Waals surface area (Å²) in [5.41, 5.74) is 8.50. The monoisotopic (exact) mass is 325 g/mol. The average Bonchev–Trinajstić information content (AvgIpc) is 3.18. The second kappa shape index (κ2) is 6.53. The topological polar surface area (TPSA) is 104 Å². The summed E-state index contributed by atoms with van der Waals surface area (Å²) in [6.07, 6.45) is 3.12. The molecule has 1 aromatic carbocycles. The lowest BCUT2D eigenvalue weighted by atomic mass is 10.1. The third-order valence-electron chi connectivity index (χ3n) is 3.68. The van der Waals surface area contributed by atoms with Gasteiger partial charge in [-0.05, 0) is 31.5 Å². The smallest absolute Gasteiger partial charge is 0.242 e. The van der Waals surface area contributed by atoms with E-state index in [2.05, 4.69) is 20.5 Å². The third kappa shape index (κ3) is 3.43. The second-order valence-electron chi connectivity index (χ2n) is 5.59. The molecule has 2 heterocycles. The molecule has 3 N–H and O–H groups in total. The molecule has 0 saturated carbocycles. The number of nitrogen functional groups attached to an aromatic ring is 1. The van der Waals surface area contributed by atoms with Gasteiger partial charge in [0.05, 0.1) is 17.4 Å². The lowest BCUT2D eigenvalue weighted by Crippen LogP contribution is -2.30. The van der Waals surface area contributed by atoms with Crippen LogP contribution in [-0.2, 0) is 11.3 Å². The van der Waals surface area contributed by atoms with Crippen molar-refractivity contribution in [3.05, 3.63) is 54.2 Å². The Morgan fingerprint density at radius 2 is 2.08 bits per heavy atom. The summed E-state index contributed by atoms with van der Waals surface area (Å²) < 4.78 is 3.17. The first-order valence-corrected chi connectivity index (χ1v) is 7.57. The van der Waals surface area contributed by atoms with Crippen LogP contribution >= 0.6 is 0 Å². The molecular weight excluding hydrogens is 306 g/mol.